The number of allylic oxidation sites excluding steroid dienone is 1. The minimum absolute atomic E-state index is 0.101. The van der Waals surface area contributed by atoms with Gasteiger partial charge in [0.25, 0.3) is 0 Å². The largest absolute Gasteiger partial charge is 0.302 e. The Hall–Kier alpha value is -2.71. The first-order valence-corrected chi connectivity index (χ1v) is 9.78. The number of rotatable bonds is 6. The van der Waals surface area contributed by atoms with E-state index in [1.165, 1.54) is 23.6 Å². The van der Waals surface area contributed by atoms with Crippen LogP contribution in [0.5, 0.6) is 0 Å². The molecule has 0 aromatic heterocycles. The zero-order valence-electron chi connectivity index (χ0n) is 15.6. The molecule has 0 N–H and O–H groups in total. The number of benzene rings is 3. The van der Waals surface area contributed by atoms with Gasteiger partial charge < -0.3 is 4.90 Å². The van der Waals surface area contributed by atoms with Crippen molar-refractivity contribution >= 4 is 22.6 Å². The molecule has 27 heavy (non-hydrogen) atoms. The second kappa shape index (κ2) is 8.32. The molecule has 1 saturated heterocycles. The summed E-state index contributed by atoms with van der Waals surface area (Å²) in [6.07, 6.45) is 6.23. The van der Waals surface area contributed by atoms with E-state index in [4.69, 9.17) is 0 Å². The maximum Gasteiger partial charge on any atom is 0.164 e. The van der Waals surface area contributed by atoms with E-state index in [0.717, 1.165) is 30.8 Å². The van der Waals surface area contributed by atoms with Crippen LogP contribution in [0, 0.1) is 0 Å². The molecule has 0 radical (unpaired) electrons. The highest BCUT2D eigenvalue weighted by Gasteiger charge is 2.23. The van der Waals surface area contributed by atoms with Gasteiger partial charge in [0, 0.05) is 6.54 Å². The fraction of sp³-hybridized carbons (Fsp3) is 0.240. The molecule has 0 aliphatic carbocycles. The SMILES string of the molecule is O=C(C=Cc1cccc2ccccc12)C(CN1CCCC1)c1ccccc1. The van der Waals surface area contributed by atoms with Crippen LogP contribution < -0.4 is 0 Å². The number of hydrogen-bond acceptors (Lipinski definition) is 2. The Morgan fingerprint density at radius 2 is 1.59 bits per heavy atom. The summed E-state index contributed by atoms with van der Waals surface area (Å²) in [7, 11) is 0. The summed E-state index contributed by atoms with van der Waals surface area (Å²) in [5, 5.41) is 2.38. The van der Waals surface area contributed by atoms with Gasteiger partial charge in [-0.3, -0.25) is 4.79 Å². The van der Waals surface area contributed by atoms with Gasteiger partial charge in [-0.1, -0.05) is 78.9 Å². The Kier molecular flexibility index (Phi) is 5.45. The summed E-state index contributed by atoms with van der Waals surface area (Å²) in [6.45, 7) is 3.01. The highest BCUT2D eigenvalue weighted by Crippen LogP contribution is 2.23. The number of carbonyl (C=O) groups is 1. The van der Waals surface area contributed by atoms with E-state index >= 15 is 0 Å². The standard InChI is InChI=1S/C25H25NO/c27-25(16-15-22-13-8-12-20-11-4-5-14-23(20)22)24(19-26-17-6-7-18-26)21-9-2-1-3-10-21/h1-5,8-16,24H,6-7,17-19H2. The minimum Gasteiger partial charge on any atom is -0.302 e. The van der Waals surface area contributed by atoms with Gasteiger partial charge in [-0.15, -0.1) is 0 Å². The van der Waals surface area contributed by atoms with Crippen LogP contribution in [0.2, 0.25) is 0 Å². The van der Waals surface area contributed by atoms with E-state index in [2.05, 4.69) is 41.3 Å². The van der Waals surface area contributed by atoms with Crippen molar-refractivity contribution in [2.75, 3.05) is 19.6 Å². The summed E-state index contributed by atoms with van der Waals surface area (Å²) >= 11 is 0. The van der Waals surface area contributed by atoms with Crippen molar-refractivity contribution in [1.29, 1.82) is 0 Å². The van der Waals surface area contributed by atoms with Crippen molar-refractivity contribution in [2.24, 2.45) is 0 Å². The molecule has 1 fully saturated rings. The molecule has 3 aromatic carbocycles. The molecule has 136 valence electrons. The van der Waals surface area contributed by atoms with Crippen molar-refractivity contribution < 1.29 is 4.79 Å². The first-order valence-electron chi connectivity index (χ1n) is 9.78. The Balaban J connectivity index is 1.60. The minimum atomic E-state index is -0.101. The topological polar surface area (TPSA) is 20.3 Å². The van der Waals surface area contributed by atoms with Crippen molar-refractivity contribution in [3.05, 3.63) is 90.0 Å². The van der Waals surface area contributed by atoms with Gasteiger partial charge in [-0.25, -0.2) is 0 Å². The predicted octanol–water partition coefficient (Wildman–Crippen LogP) is 5.30. The lowest BCUT2D eigenvalue weighted by Gasteiger charge is -2.22. The van der Waals surface area contributed by atoms with E-state index in [1.807, 2.05) is 42.5 Å². The molecule has 1 unspecified atom stereocenters. The van der Waals surface area contributed by atoms with Crippen LogP contribution in [0.3, 0.4) is 0 Å². The van der Waals surface area contributed by atoms with Crippen LogP contribution in [0.25, 0.3) is 16.8 Å². The average molecular weight is 355 g/mol. The van der Waals surface area contributed by atoms with Gasteiger partial charge in [-0.05, 0) is 53.9 Å². The fourth-order valence-corrected chi connectivity index (χ4v) is 3.95. The molecular weight excluding hydrogens is 330 g/mol. The van der Waals surface area contributed by atoms with Gasteiger partial charge in [-0.2, -0.15) is 0 Å². The van der Waals surface area contributed by atoms with Crippen LogP contribution in [-0.2, 0) is 4.79 Å². The van der Waals surface area contributed by atoms with E-state index in [1.54, 1.807) is 6.08 Å². The molecule has 0 bridgehead atoms. The van der Waals surface area contributed by atoms with Crippen LogP contribution in [-0.4, -0.2) is 30.3 Å². The number of fused-ring (bicyclic) bond motifs is 1. The average Bonchev–Trinajstić information content (AvgIpc) is 3.24. The molecule has 0 amide bonds. The predicted molar refractivity (Wildman–Crippen MR) is 113 cm³/mol. The molecule has 2 nitrogen and oxygen atoms in total. The third-order valence-electron chi connectivity index (χ3n) is 5.44. The summed E-state index contributed by atoms with van der Waals surface area (Å²) < 4.78 is 0. The fourth-order valence-electron chi connectivity index (χ4n) is 3.95. The third kappa shape index (κ3) is 4.17. The normalized spacial score (nSPS) is 16.1. The zero-order valence-corrected chi connectivity index (χ0v) is 15.6. The summed E-state index contributed by atoms with van der Waals surface area (Å²) in [5.74, 6) is 0.0801. The molecular formula is C25H25NO. The van der Waals surface area contributed by atoms with Gasteiger partial charge in [0.05, 0.1) is 5.92 Å². The highest BCUT2D eigenvalue weighted by atomic mass is 16.1. The molecule has 0 spiro atoms. The van der Waals surface area contributed by atoms with Crippen LogP contribution in [0.4, 0.5) is 0 Å². The monoisotopic (exact) mass is 355 g/mol. The zero-order chi connectivity index (χ0) is 18.5. The molecule has 4 rings (SSSR count). The lowest BCUT2D eigenvalue weighted by atomic mass is 9.93. The van der Waals surface area contributed by atoms with Crippen LogP contribution in [0.15, 0.2) is 78.9 Å². The lowest BCUT2D eigenvalue weighted by molar-refractivity contribution is -0.116. The summed E-state index contributed by atoms with van der Waals surface area (Å²) in [5.41, 5.74) is 2.20. The van der Waals surface area contributed by atoms with Crippen molar-refractivity contribution in [1.82, 2.24) is 4.90 Å². The highest BCUT2D eigenvalue weighted by molar-refractivity contribution is 6.01. The quantitative estimate of drug-likeness (QED) is 0.559. The Labute approximate surface area is 161 Å². The number of nitrogens with zero attached hydrogens (tertiary/aromatic N) is 1. The molecule has 1 aliphatic heterocycles. The maximum atomic E-state index is 13.1. The number of hydrogen-bond donors (Lipinski definition) is 0. The molecule has 0 saturated carbocycles. The van der Waals surface area contributed by atoms with Gasteiger partial charge in [0.1, 0.15) is 0 Å². The molecule has 1 aliphatic rings. The number of ketones is 1. The second-order valence-electron chi connectivity index (χ2n) is 7.28. The number of carbonyl (C=O) groups excluding carboxylic acids is 1. The van der Waals surface area contributed by atoms with E-state index in [-0.39, 0.29) is 11.7 Å². The van der Waals surface area contributed by atoms with Crippen molar-refractivity contribution in [3.8, 4) is 0 Å². The summed E-state index contributed by atoms with van der Waals surface area (Å²) in [6, 6.07) is 24.7. The van der Waals surface area contributed by atoms with E-state index < -0.39 is 0 Å². The van der Waals surface area contributed by atoms with Crippen LogP contribution in [0.1, 0.15) is 29.9 Å². The number of likely N-dealkylation sites (tertiary alicyclic amines) is 1. The lowest BCUT2D eigenvalue weighted by Crippen LogP contribution is -2.29. The van der Waals surface area contributed by atoms with E-state index in [9.17, 15) is 4.79 Å². The third-order valence-corrected chi connectivity index (χ3v) is 5.44. The second-order valence-corrected chi connectivity index (χ2v) is 7.28. The Bertz CT molecular complexity index is 933. The first kappa shape index (κ1) is 17.7. The first-order chi connectivity index (χ1) is 13.3. The Morgan fingerprint density at radius 3 is 2.41 bits per heavy atom. The smallest absolute Gasteiger partial charge is 0.164 e. The van der Waals surface area contributed by atoms with Gasteiger partial charge in [0.15, 0.2) is 5.78 Å². The molecule has 2 heteroatoms. The van der Waals surface area contributed by atoms with Crippen molar-refractivity contribution in [3.63, 3.8) is 0 Å². The Morgan fingerprint density at radius 1 is 0.889 bits per heavy atom. The summed E-state index contributed by atoms with van der Waals surface area (Å²) in [4.78, 5) is 15.5. The molecule has 3 aromatic rings. The van der Waals surface area contributed by atoms with E-state index in [0.29, 0.717) is 0 Å². The molecule has 1 atom stereocenters. The maximum absolute atomic E-state index is 13.1. The van der Waals surface area contributed by atoms with Gasteiger partial charge in [0.2, 0.25) is 0 Å². The molecule has 1 heterocycles. The van der Waals surface area contributed by atoms with Crippen LogP contribution >= 0.6 is 0 Å². The van der Waals surface area contributed by atoms with Crippen molar-refractivity contribution in [2.45, 2.75) is 18.8 Å². The van der Waals surface area contributed by atoms with Gasteiger partial charge >= 0.3 is 0 Å².